The zero-order valence-corrected chi connectivity index (χ0v) is 36.4. The summed E-state index contributed by atoms with van der Waals surface area (Å²) >= 11 is 0. The maximum atomic E-state index is 10.7. The highest BCUT2D eigenvalue weighted by Gasteiger charge is 2.20. The molecule has 0 N–H and O–H groups in total. The average Bonchev–Trinajstić information content (AvgIpc) is 4.14. The number of benzene rings is 10. The largest absolute Gasteiger partial charge is 0.456 e. The van der Waals surface area contributed by atoms with Gasteiger partial charge in [-0.15, -0.1) is 0 Å². The molecule has 0 spiro atoms. The molecule has 0 saturated heterocycles. The minimum atomic E-state index is 0.535. The Hall–Kier alpha value is -9.62. The van der Waals surface area contributed by atoms with E-state index in [1.165, 1.54) is 21.8 Å². The van der Waals surface area contributed by atoms with Crippen LogP contribution in [0, 0.1) is 22.7 Å². The Balaban J connectivity index is 1.03. The van der Waals surface area contributed by atoms with E-state index in [1.807, 2.05) is 54.6 Å². The van der Waals surface area contributed by atoms with Gasteiger partial charge < -0.3 is 18.1 Å². The highest BCUT2D eigenvalue weighted by Crippen LogP contribution is 2.41. The molecule has 68 heavy (non-hydrogen) atoms. The molecule has 14 aromatic rings. The summed E-state index contributed by atoms with van der Waals surface area (Å²) in [7, 11) is 0. The summed E-state index contributed by atoms with van der Waals surface area (Å²) in [5.41, 5.74) is 16.1. The Bertz CT molecular complexity index is 4490. The minimum absolute atomic E-state index is 0.535. The van der Waals surface area contributed by atoms with E-state index in [4.69, 9.17) is 4.42 Å². The predicted molar refractivity (Wildman–Crippen MR) is 277 cm³/mol. The molecule has 0 aliphatic rings. The molecule has 0 aliphatic carbocycles. The zero-order valence-electron chi connectivity index (χ0n) is 36.4. The van der Waals surface area contributed by atoms with Crippen LogP contribution in [0.2, 0.25) is 0 Å². The number of hydrogen-bond acceptors (Lipinski definition) is 3. The van der Waals surface area contributed by atoms with Gasteiger partial charge in [0, 0.05) is 60.2 Å². The van der Waals surface area contributed by atoms with Crippen LogP contribution in [0.1, 0.15) is 11.1 Å². The van der Waals surface area contributed by atoms with E-state index >= 15 is 0 Å². The second-order valence-corrected chi connectivity index (χ2v) is 17.6. The number of furan rings is 1. The van der Waals surface area contributed by atoms with Gasteiger partial charge in [0.1, 0.15) is 11.2 Å². The van der Waals surface area contributed by atoms with Crippen LogP contribution in [0.4, 0.5) is 0 Å². The highest BCUT2D eigenvalue weighted by atomic mass is 16.3. The Morgan fingerprint density at radius 1 is 0.279 bits per heavy atom. The summed E-state index contributed by atoms with van der Waals surface area (Å²) in [6, 6.07) is 79.2. The summed E-state index contributed by atoms with van der Waals surface area (Å²) in [6.45, 7) is 0. The van der Waals surface area contributed by atoms with Crippen molar-refractivity contribution >= 4 is 87.4 Å². The molecule has 4 aromatic heterocycles. The van der Waals surface area contributed by atoms with Crippen LogP contribution in [0.25, 0.3) is 127 Å². The van der Waals surface area contributed by atoms with Crippen LogP contribution in [-0.4, -0.2) is 13.7 Å². The molecule has 0 radical (unpaired) electrons. The van der Waals surface area contributed by atoms with Crippen molar-refractivity contribution in [3.63, 3.8) is 0 Å². The van der Waals surface area contributed by atoms with Gasteiger partial charge in [0.15, 0.2) is 0 Å². The number of para-hydroxylation sites is 5. The SMILES string of the molecule is N#Cc1cc(-c2cc(-c3ccc4oc5ccccc5c4c3)cc(-n3c4ccccc4c4cc(-n5c6ccccc6c6ccccc65)ccc43)c2)cc(-n2c3ccccc3c3ccc(C#N)cc32)c1. The number of nitriles is 2. The smallest absolute Gasteiger partial charge is 0.135 e. The highest BCUT2D eigenvalue weighted by molar-refractivity contribution is 6.13. The van der Waals surface area contributed by atoms with Gasteiger partial charge in [-0.2, -0.15) is 10.5 Å². The van der Waals surface area contributed by atoms with Crippen LogP contribution in [0.3, 0.4) is 0 Å². The number of rotatable bonds is 5. The van der Waals surface area contributed by atoms with Crippen molar-refractivity contribution in [2.24, 2.45) is 0 Å². The van der Waals surface area contributed by atoms with Crippen molar-refractivity contribution in [1.29, 1.82) is 10.5 Å². The minimum Gasteiger partial charge on any atom is -0.456 e. The number of fused-ring (bicyclic) bond motifs is 12. The summed E-state index contributed by atoms with van der Waals surface area (Å²) < 4.78 is 13.2. The summed E-state index contributed by atoms with van der Waals surface area (Å²) in [5, 5.41) is 29.7. The fraction of sp³-hybridized carbons (Fsp3) is 0. The molecular weight excluding hydrogens is 831 g/mol. The van der Waals surface area contributed by atoms with Gasteiger partial charge in [0.25, 0.3) is 0 Å². The first-order valence-corrected chi connectivity index (χ1v) is 22.7. The molecule has 10 aromatic carbocycles. The monoisotopic (exact) mass is 865 g/mol. The maximum absolute atomic E-state index is 10.7. The van der Waals surface area contributed by atoms with Gasteiger partial charge in [-0.3, -0.25) is 0 Å². The average molecular weight is 866 g/mol. The second kappa shape index (κ2) is 14.4. The molecule has 0 fully saturated rings. The molecule has 4 heterocycles. The van der Waals surface area contributed by atoms with Gasteiger partial charge in [0.05, 0.1) is 56.4 Å². The van der Waals surface area contributed by atoms with E-state index < -0.39 is 0 Å². The number of aromatic nitrogens is 3. The Kier molecular flexibility index (Phi) is 8.01. The molecule has 314 valence electrons. The Morgan fingerprint density at radius 2 is 0.765 bits per heavy atom. The van der Waals surface area contributed by atoms with Crippen LogP contribution < -0.4 is 0 Å². The van der Waals surface area contributed by atoms with Crippen molar-refractivity contribution in [1.82, 2.24) is 13.7 Å². The first-order valence-electron chi connectivity index (χ1n) is 22.7. The number of nitrogens with zero attached hydrogens (tertiary/aromatic N) is 5. The molecule has 0 bridgehead atoms. The van der Waals surface area contributed by atoms with Crippen molar-refractivity contribution in [2.75, 3.05) is 0 Å². The summed E-state index contributed by atoms with van der Waals surface area (Å²) in [4.78, 5) is 0. The molecule has 0 amide bonds. The van der Waals surface area contributed by atoms with E-state index in [9.17, 15) is 10.5 Å². The maximum Gasteiger partial charge on any atom is 0.135 e. The standard InChI is InChI=1S/C62H35N5O/c63-36-38-21-24-51-49-13-3-8-18-57(49)67(60(51)29-38)45-28-39(37-64)27-41(31-45)43-30-42(40-22-26-62-54(34-40)52-15-5-10-20-61(52)68-62)32-46(33-43)66-58-19-9-4-14-50(58)53-35-44(23-25-59(53)66)65-55-16-6-1-11-47(55)48-12-2-7-17-56(48)65/h1-35H. The molecule has 0 saturated carbocycles. The number of hydrogen-bond donors (Lipinski definition) is 0. The molecule has 6 nitrogen and oxygen atoms in total. The van der Waals surface area contributed by atoms with Crippen molar-refractivity contribution in [3.8, 4) is 51.5 Å². The molecule has 0 atom stereocenters. The van der Waals surface area contributed by atoms with Gasteiger partial charge >= 0.3 is 0 Å². The van der Waals surface area contributed by atoms with Crippen LogP contribution in [-0.2, 0) is 0 Å². The Labute approximate surface area is 389 Å². The Morgan fingerprint density at radius 3 is 1.41 bits per heavy atom. The first kappa shape index (κ1) is 37.7. The predicted octanol–water partition coefficient (Wildman–Crippen LogP) is 16.0. The molecule has 6 heteroatoms. The van der Waals surface area contributed by atoms with Gasteiger partial charge in [-0.25, -0.2) is 0 Å². The third kappa shape index (κ3) is 5.56. The lowest BCUT2D eigenvalue weighted by Gasteiger charge is -2.16. The second-order valence-electron chi connectivity index (χ2n) is 17.6. The van der Waals surface area contributed by atoms with Crippen molar-refractivity contribution in [2.45, 2.75) is 0 Å². The van der Waals surface area contributed by atoms with Crippen molar-refractivity contribution in [3.05, 3.63) is 223 Å². The van der Waals surface area contributed by atoms with Gasteiger partial charge in [-0.1, -0.05) is 103 Å². The van der Waals surface area contributed by atoms with E-state index in [-0.39, 0.29) is 0 Å². The van der Waals surface area contributed by atoms with E-state index in [0.29, 0.717) is 11.1 Å². The lowest BCUT2D eigenvalue weighted by atomic mass is 9.95. The van der Waals surface area contributed by atoms with Gasteiger partial charge in [-0.05, 0) is 131 Å². The summed E-state index contributed by atoms with van der Waals surface area (Å²) in [5.74, 6) is 0. The fourth-order valence-corrected chi connectivity index (χ4v) is 10.8. The normalized spacial score (nSPS) is 11.8. The first-order chi connectivity index (χ1) is 33.6. The van der Waals surface area contributed by atoms with Crippen LogP contribution in [0.5, 0.6) is 0 Å². The molecule has 14 rings (SSSR count). The summed E-state index contributed by atoms with van der Waals surface area (Å²) in [6.07, 6.45) is 0. The molecule has 0 aliphatic heterocycles. The lowest BCUT2D eigenvalue weighted by molar-refractivity contribution is 0.669. The quantitative estimate of drug-likeness (QED) is 0.173. The van der Waals surface area contributed by atoms with E-state index in [1.54, 1.807) is 0 Å². The third-order valence-electron chi connectivity index (χ3n) is 13.8. The topological polar surface area (TPSA) is 75.5 Å². The van der Waals surface area contributed by atoms with E-state index in [2.05, 4.69) is 184 Å². The molecule has 0 unspecified atom stereocenters. The fourth-order valence-electron chi connectivity index (χ4n) is 10.8. The lowest BCUT2D eigenvalue weighted by Crippen LogP contribution is -1.98. The third-order valence-corrected chi connectivity index (χ3v) is 13.8. The van der Waals surface area contributed by atoms with E-state index in [0.717, 1.165) is 105 Å². The van der Waals surface area contributed by atoms with Crippen molar-refractivity contribution < 1.29 is 4.42 Å². The molecular formula is C62H35N5O. The van der Waals surface area contributed by atoms with Crippen LogP contribution in [0.15, 0.2) is 217 Å². The van der Waals surface area contributed by atoms with Crippen LogP contribution >= 0.6 is 0 Å². The van der Waals surface area contributed by atoms with Gasteiger partial charge in [0.2, 0.25) is 0 Å². The zero-order chi connectivity index (χ0) is 45.0.